The lowest BCUT2D eigenvalue weighted by Crippen LogP contribution is -2.41. The molecular weight excluding hydrogens is 330 g/mol. The van der Waals surface area contributed by atoms with Gasteiger partial charge >= 0.3 is 0 Å². The van der Waals surface area contributed by atoms with Crippen LogP contribution in [0.1, 0.15) is 30.2 Å². The Labute approximate surface area is 153 Å². The second-order valence-corrected chi connectivity index (χ2v) is 6.58. The molecule has 0 aliphatic carbocycles. The van der Waals surface area contributed by atoms with Crippen LogP contribution >= 0.6 is 0 Å². The highest BCUT2D eigenvalue weighted by Crippen LogP contribution is 2.25. The lowest BCUT2D eigenvalue weighted by atomic mass is 10.1. The monoisotopic (exact) mass is 355 g/mol. The standard InChI is InChI=1S/C19H25N5O2/c1-3-15-12-19(24-18(22-15)6-7-21-24)20-13-16(17-5-4-14(2)26-17)23-8-10-25-11-9-23/h4-7,12,16,20H,3,8-11,13H2,1-2H3/t16-/m0/s1. The van der Waals surface area contributed by atoms with Gasteiger partial charge in [-0.1, -0.05) is 6.92 Å². The highest BCUT2D eigenvalue weighted by atomic mass is 16.5. The molecule has 3 aromatic heterocycles. The molecule has 1 saturated heterocycles. The van der Waals surface area contributed by atoms with Crippen molar-refractivity contribution >= 4 is 11.5 Å². The molecule has 0 amide bonds. The van der Waals surface area contributed by atoms with Crippen molar-refractivity contribution in [1.29, 1.82) is 0 Å². The van der Waals surface area contributed by atoms with E-state index in [9.17, 15) is 0 Å². The van der Waals surface area contributed by atoms with Crippen LogP contribution in [0.25, 0.3) is 5.65 Å². The van der Waals surface area contributed by atoms with Crippen molar-refractivity contribution < 1.29 is 9.15 Å². The Morgan fingerprint density at radius 2 is 2.08 bits per heavy atom. The van der Waals surface area contributed by atoms with Gasteiger partial charge in [0.1, 0.15) is 17.3 Å². The van der Waals surface area contributed by atoms with E-state index in [4.69, 9.17) is 9.15 Å². The lowest BCUT2D eigenvalue weighted by molar-refractivity contribution is 0.0143. The molecule has 1 N–H and O–H groups in total. The first-order valence-electron chi connectivity index (χ1n) is 9.20. The van der Waals surface area contributed by atoms with Gasteiger partial charge in [0.2, 0.25) is 0 Å². The quantitative estimate of drug-likeness (QED) is 0.733. The lowest BCUT2D eigenvalue weighted by Gasteiger charge is -2.33. The minimum absolute atomic E-state index is 0.149. The number of furan rings is 1. The first-order valence-corrected chi connectivity index (χ1v) is 9.20. The molecule has 0 aromatic carbocycles. The van der Waals surface area contributed by atoms with Gasteiger partial charge in [-0.3, -0.25) is 4.90 Å². The average Bonchev–Trinajstić information content (AvgIpc) is 3.31. The van der Waals surface area contributed by atoms with Gasteiger partial charge in [-0.15, -0.1) is 0 Å². The Morgan fingerprint density at radius 1 is 1.23 bits per heavy atom. The van der Waals surface area contributed by atoms with Crippen LogP contribution in [0.5, 0.6) is 0 Å². The predicted molar refractivity (Wildman–Crippen MR) is 99.4 cm³/mol. The summed E-state index contributed by atoms with van der Waals surface area (Å²) in [6.07, 6.45) is 2.67. The zero-order chi connectivity index (χ0) is 17.9. The zero-order valence-corrected chi connectivity index (χ0v) is 15.3. The molecule has 4 heterocycles. The highest BCUT2D eigenvalue weighted by molar-refractivity contribution is 5.49. The number of hydrogen-bond acceptors (Lipinski definition) is 6. The Balaban J connectivity index is 1.59. The molecule has 0 saturated carbocycles. The fraction of sp³-hybridized carbons (Fsp3) is 0.474. The van der Waals surface area contributed by atoms with E-state index in [2.05, 4.69) is 39.4 Å². The maximum Gasteiger partial charge on any atom is 0.157 e. The second kappa shape index (κ2) is 7.47. The summed E-state index contributed by atoms with van der Waals surface area (Å²) in [5.74, 6) is 2.88. The summed E-state index contributed by atoms with van der Waals surface area (Å²) in [6.45, 7) is 8.15. The minimum atomic E-state index is 0.149. The summed E-state index contributed by atoms with van der Waals surface area (Å²) in [7, 11) is 0. The van der Waals surface area contributed by atoms with E-state index >= 15 is 0 Å². The number of ether oxygens (including phenoxy) is 1. The smallest absolute Gasteiger partial charge is 0.157 e. The van der Waals surface area contributed by atoms with E-state index in [1.165, 1.54) is 0 Å². The van der Waals surface area contributed by atoms with E-state index in [0.29, 0.717) is 0 Å². The Bertz CT molecular complexity index is 866. The summed E-state index contributed by atoms with van der Waals surface area (Å²) >= 11 is 0. The Morgan fingerprint density at radius 3 is 2.81 bits per heavy atom. The van der Waals surface area contributed by atoms with Crippen molar-refractivity contribution in [2.45, 2.75) is 26.3 Å². The molecule has 1 aliphatic rings. The molecular formula is C19H25N5O2. The Hall–Kier alpha value is -2.38. The molecule has 0 unspecified atom stereocenters. The molecule has 1 atom stereocenters. The summed E-state index contributed by atoms with van der Waals surface area (Å²) in [6, 6.07) is 8.25. The van der Waals surface area contributed by atoms with E-state index in [0.717, 1.165) is 67.9 Å². The number of fused-ring (bicyclic) bond motifs is 1. The van der Waals surface area contributed by atoms with Crippen molar-refractivity contribution in [3.63, 3.8) is 0 Å². The summed E-state index contributed by atoms with van der Waals surface area (Å²) < 4.78 is 13.3. The number of aryl methyl sites for hydroxylation is 2. The number of rotatable bonds is 6. The van der Waals surface area contributed by atoms with E-state index < -0.39 is 0 Å². The SMILES string of the molecule is CCc1cc(NC[C@@H](c2ccc(C)o2)N2CCOCC2)n2nccc2n1. The number of nitrogens with zero attached hydrogens (tertiary/aromatic N) is 4. The fourth-order valence-corrected chi connectivity index (χ4v) is 3.40. The zero-order valence-electron chi connectivity index (χ0n) is 15.3. The van der Waals surface area contributed by atoms with Crippen molar-refractivity contribution in [2.75, 3.05) is 38.2 Å². The van der Waals surface area contributed by atoms with Gasteiger partial charge in [-0.25, -0.2) is 4.98 Å². The highest BCUT2D eigenvalue weighted by Gasteiger charge is 2.25. The van der Waals surface area contributed by atoms with Crippen LogP contribution in [0.3, 0.4) is 0 Å². The first-order chi connectivity index (χ1) is 12.7. The number of morpholine rings is 1. The van der Waals surface area contributed by atoms with Crippen molar-refractivity contribution in [1.82, 2.24) is 19.5 Å². The van der Waals surface area contributed by atoms with Gasteiger partial charge in [-0.2, -0.15) is 9.61 Å². The van der Waals surface area contributed by atoms with Gasteiger partial charge in [0.25, 0.3) is 0 Å². The molecule has 1 fully saturated rings. The van der Waals surface area contributed by atoms with Gasteiger partial charge < -0.3 is 14.5 Å². The summed E-state index contributed by atoms with van der Waals surface area (Å²) in [4.78, 5) is 7.02. The molecule has 1 aliphatic heterocycles. The van der Waals surface area contributed by atoms with Gasteiger partial charge in [0, 0.05) is 37.5 Å². The second-order valence-electron chi connectivity index (χ2n) is 6.58. The topological polar surface area (TPSA) is 67.8 Å². The van der Waals surface area contributed by atoms with Crippen LogP contribution in [0, 0.1) is 6.92 Å². The van der Waals surface area contributed by atoms with Crippen molar-refractivity contribution in [3.8, 4) is 0 Å². The van der Waals surface area contributed by atoms with Gasteiger partial charge in [-0.05, 0) is 25.5 Å². The average molecular weight is 355 g/mol. The number of hydrogen-bond donors (Lipinski definition) is 1. The normalized spacial score (nSPS) is 16.8. The summed E-state index contributed by atoms with van der Waals surface area (Å²) in [5.41, 5.74) is 1.92. The number of anilines is 1. The molecule has 138 valence electrons. The molecule has 0 radical (unpaired) electrons. The molecule has 0 spiro atoms. The van der Waals surface area contributed by atoms with Crippen LogP contribution in [0.2, 0.25) is 0 Å². The van der Waals surface area contributed by atoms with Crippen LogP contribution < -0.4 is 5.32 Å². The third kappa shape index (κ3) is 3.45. The van der Waals surface area contributed by atoms with Gasteiger partial charge in [0.05, 0.1) is 25.5 Å². The van der Waals surface area contributed by atoms with Crippen LogP contribution in [-0.2, 0) is 11.2 Å². The minimum Gasteiger partial charge on any atom is -0.465 e. The molecule has 7 heteroatoms. The van der Waals surface area contributed by atoms with Crippen LogP contribution in [-0.4, -0.2) is 52.3 Å². The first kappa shape index (κ1) is 17.1. The third-order valence-corrected chi connectivity index (χ3v) is 4.83. The number of aromatic nitrogens is 3. The van der Waals surface area contributed by atoms with Crippen molar-refractivity contribution in [2.24, 2.45) is 0 Å². The van der Waals surface area contributed by atoms with Crippen molar-refractivity contribution in [3.05, 3.63) is 47.7 Å². The Kier molecular flexibility index (Phi) is 4.90. The van der Waals surface area contributed by atoms with E-state index in [1.54, 1.807) is 6.20 Å². The molecule has 3 aromatic rings. The summed E-state index contributed by atoms with van der Waals surface area (Å²) in [5, 5.41) is 7.97. The van der Waals surface area contributed by atoms with Crippen LogP contribution in [0.15, 0.2) is 34.9 Å². The largest absolute Gasteiger partial charge is 0.465 e. The molecule has 4 rings (SSSR count). The molecule has 0 bridgehead atoms. The van der Waals surface area contributed by atoms with Crippen LogP contribution in [0.4, 0.5) is 5.82 Å². The molecule has 7 nitrogen and oxygen atoms in total. The maximum atomic E-state index is 5.95. The van der Waals surface area contributed by atoms with Gasteiger partial charge in [0.15, 0.2) is 5.65 Å². The fourth-order valence-electron chi connectivity index (χ4n) is 3.40. The predicted octanol–water partition coefficient (Wildman–Crippen LogP) is 2.68. The van der Waals surface area contributed by atoms with E-state index in [-0.39, 0.29) is 6.04 Å². The van der Waals surface area contributed by atoms with E-state index in [1.807, 2.05) is 23.6 Å². The maximum absolute atomic E-state index is 5.95. The number of nitrogens with one attached hydrogen (secondary N) is 1. The molecule has 26 heavy (non-hydrogen) atoms. The third-order valence-electron chi connectivity index (χ3n) is 4.83.